The van der Waals surface area contributed by atoms with E-state index in [0.29, 0.717) is 5.92 Å². The maximum Gasteiger partial charge on any atom is 0.163 e. The average Bonchev–Trinajstić information content (AvgIpc) is 2.47. The van der Waals surface area contributed by atoms with Gasteiger partial charge in [-0.3, -0.25) is 9.59 Å². The highest BCUT2D eigenvalue weighted by Gasteiger charge is 2.36. The van der Waals surface area contributed by atoms with Crippen LogP contribution in [-0.4, -0.2) is 11.6 Å². The minimum atomic E-state index is -0.00287. The van der Waals surface area contributed by atoms with Crippen molar-refractivity contribution in [2.75, 3.05) is 0 Å². The molecule has 0 amide bonds. The van der Waals surface area contributed by atoms with E-state index in [-0.39, 0.29) is 23.9 Å². The van der Waals surface area contributed by atoms with E-state index < -0.39 is 0 Å². The molecule has 0 saturated heterocycles. The van der Waals surface area contributed by atoms with Crippen molar-refractivity contribution < 1.29 is 9.59 Å². The van der Waals surface area contributed by atoms with Crippen molar-refractivity contribution in [3.63, 3.8) is 0 Å². The number of carbonyl (C=O) groups excluding carboxylic acids is 2. The molecule has 0 bridgehead atoms. The Bertz CT molecular complexity index is 288. The Morgan fingerprint density at radius 3 is 2.69 bits per heavy atom. The third-order valence-electron chi connectivity index (χ3n) is 3.25. The summed E-state index contributed by atoms with van der Waals surface area (Å²) in [6.07, 6.45) is 5.03. The summed E-state index contributed by atoms with van der Waals surface area (Å²) in [7, 11) is 0. The van der Waals surface area contributed by atoms with Gasteiger partial charge in [-0.1, -0.05) is 12.0 Å². The molecule has 0 heterocycles. The van der Waals surface area contributed by atoms with Gasteiger partial charge in [-0.15, -0.1) is 0 Å². The van der Waals surface area contributed by atoms with Crippen molar-refractivity contribution in [1.29, 1.82) is 0 Å². The molecule has 2 heteroatoms. The summed E-state index contributed by atoms with van der Waals surface area (Å²) in [5.41, 5.74) is 1.12. The monoisotopic (exact) mass is 178 g/mol. The van der Waals surface area contributed by atoms with Crippen LogP contribution in [-0.2, 0) is 9.59 Å². The number of carbonyl (C=O) groups is 2. The van der Waals surface area contributed by atoms with Crippen LogP contribution >= 0.6 is 0 Å². The predicted molar refractivity (Wildman–Crippen MR) is 49.2 cm³/mol. The van der Waals surface area contributed by atoms with Gasteiger partial charge < -0.3 is 0 Å². The third-order valence-corrected chi connectivity index (χ3v) is 3.25. The summed E-state index contributed by atoms with van der Waals surface area (Å²) < 4.78 is 0. The molecule has 1 fully saturated rings. The Morgan fingerprint density at radius 2 is 1.92 bits per heavy atom. The molecule has 0 aromatic heterocycles. The fourth-order valence-corrected chi connectivity index (χ4v) is 2.61. The molecule has 2 atom stereocenters. The van der Waals surface area contributed by atoms with Crippen molar-refractivity contribution in [2.24, 2.45) is 11.8 Å². The van der Waals surface area contributed by atoms with Gasteiger partial charge in [-0.25, -0.2) is 0 Å². The van der Waals surface area contributed by atoms with Crippen LogP contribution < -0.4 is 0 Å². The first-order valence-electron chi connectivity index (χ1n) is 4.92. The van der Waals surface area contributed by atoms with Crippen molar-refractivity contribution >= 4 is 11.6 Å². The molecule has 0 spiro atoms. The molecule has 0 unspecified atom stereocenters. The lowest BCUT2D eigenvalue weighted by molar-refractivity contribution is -0.127. The second-order valence-corrected chi connectivity index (χ2v) is 4.14. The van der Waals surface area contributed by atoms with Crippen LogP contribution in [0.5, 0.6) is 0 Å². The molecule has 2 aliphatic rings. The highest BCUT2D eigenvalue weighted by Crippen LogP contribution is 2.39. The van der Waals surface area contributed by atoms with Crippen molar-refractivity contribution in [2.45, 2.75) is 32.6 Å². The first kappa shape index (κ1) is 8.67. The molecule has 0 radical (unpaired) electrons. The zero-order chi connectivity index (χ0) is 9.42. The van der Waals surface area contributed by atoms with Crippen molar-refractivity contribution in [1.82, 2.24) is 0 Å². The lowest BCUT2D eigenvalue weighted by Crippen LogP contribution is -2.18. The maximum absolute atomic E-state index is 11.6. The van der Waals surface area contributed by atoms with E-state index in [4.69, 9.17) is 0 Å². The molecule has 0 aromatic carbocycles. The highest BCUT2D eigenvalue weighted by molar-refractivity contribution is 6.06. The van der Waals surface area contributed by atoms with Crippen LogP contribution in [0.2, 0.25) is 0 Å². The number of fused-ring (bicyclic) bond motifs is 1. The molecule has 2 aliphatic carbocycles. The van der Waals surface area contributed by atoms with Crippen LogP contribution in [0.3, 0.4) is 0 Å². The van der Waals surface area contributed by atoms with Crippen LogP contribution in [0.15, 0.2) is 11.6 Å². The highest BCUT2D eigenvalue weighted by atomic mass is 16.1. The largest absolute Gasteiger partial charge is 0.299 e. The summed E-state index contributed by atoms with van der Waals surface area (Å²) >= 11 is 0. The van der Waals surface area contributed by atoms with Gasteiger partial charge >= 0.3 is 0 Å². The third kappa shape index (κ3) is 1.45. The SMILES string of the molecule is CC1=CC(=O)CC(=O)[C@@H]2CCC[C@H]12. The van der Waals surface area contributed by atoms with Crippen LogP contribution in [0.25, 0.3) is 0 Å². The molecular formula is C11H14O2. The van der Waals surface area contributed by atoms with Gasteiger partial charge in [0.1, 0.15) is 5.78 Å². The van der Waals surface area contributed by atoms with E-state index in [1.54, 1.807) is 6.08 Å². The van der Waals surface area contributed by atoms with Gasteiger partial charge in [0.15, 0.2) is 5.78 Å². The van der Waals surface area contributed by atoms with E-state index >= 15 is 0 Å². The van der Waals surface area contributed by atoms with Crippen LogP contribution in [0, 0.1) is 11.8 Å². The number of hydrogen-bond acceptors (Lipinski definition) is 2. The molecule has 1 saturated carbocycles. The Hall–Kier alpha value is -0.920. The smallest absolute Gasteiger partial charge is 0.163 e. The summed E-state index contributed by atoms with van der Waals surface area (Å²) in [6.45, 7) is 1.99. The van der Waals surface area contributed by atoms with Gasteiger partial charge in [-0.05, 0) is 31.8 Å². The van der Waals surface area contributed by atoms with E-state index in [1.807, 2.05) is 6.92 Å². The summed E-state index contributed by atoms with van der Waals surface area (Å²) in [4.78, 5) is 22.8. The number of Topliss-reactive ketones (excluding diaryl/α,β-unsaturated/α-hetero) is 1. The molecule has 0 aromatic rings. The number of rotatable bonds is 0. The van der Waals surface area contributed by atoms with Crippen LogP contribution in [0.4, 0.5) is 0 Å². The molecular weight excluding hydrogens is 164 g/mol. The minimum absolute atomic E-state index is 0.00287. The predicted octanol–water partition coefficient (Wildman–Crippen LogP) is 1.89. The second kappa shape index (κ2) is 3.09. The first-order valence-corrected chi connectivity index (χ1v) is 4.92. The average molecular weight is 178 g/mol. The number of hydrogen-bond donors (Lipinski definition) is 0. The van der Waals surface area contributed by atoms with Gasteiger partial charge in [0, 0.05) is 5.92 Å². The quantitative estimate of drug-likeness (QED) is 0.531. The minimum Gasteiger partial charge on any atom is -0.299 e. The molecule has 0 N–H and O–H groups in total. The van der Waals surface area contributed by atoms with E-state index in [9.17, 15) is 9.59 Å². The zero-order valence-electron chi connectivity index (χ0n) is 7.88. The van der Waals surface area contributed by atoms with E-state index in [2.05, 4.69) is 0 Å². The molecule has 2 rings (SSSR count). The van der Waals surface area contributed by atoms with Gasteiger partial charge in [0.05, 0.1) is 6.42 Å². The summed E-state index contributed by atoms with van der Waals surface area (Å²) in [6, 6.07) is 0. The topological polar surface area (TPSA) is 34.1 Å². The Labute approximate surface area is 78.0 Å². The first-order chi connectivity index (χ1) is 6.18. The second-order valence-electron chi connectivity index (χ2n) is 4.14. The number of ketones is 2. The summed E-state index contributed by atoms with van der Waals surface area (Å²) in [5, 5.41) is 0. The van der Waals surface area contributed by atoms with Gasteiger partial charge in [0.25, 0.3) is 0 Å². The standard InChI is InChI=1S/C11H14O2/c1-7-5-8(12)6-11(13)10-4-2-3-9(7)10/h5,9-10H,2-4,6H2,1H3/t9-,10-/m1/s1. The lowest BCUT2D eigenvalue weighted by Gasteiger charge is -2.15. The Balaban J connectivity index is 2.32. The van der Waals surface area contributed by atoms with Crippen LogP contribution in [0.1, 0.15) is 32.6 Å². The normalized spacial score (nSPS) is 34.1. The fraction of sp³-hybridized carbons (Fsp3) is 0.636. The zero-order valence-corrected chi connectivity index (χ0v) is 7.88. The maximum atomic E-state index is 11.6. The molecule has 2 nitrogen and oxygen atoms in total. The number of allylic oxidation sites excluding steroid dienone is 2. The molecule has 70 valence electrons. The van der Waals surface area contributed by atoms with Crippen molar-refractivity contribution in [3.05, 3.63) is 11.6 Å². The summed E-state index contributed by atoms with van der Waals surface area (Å²) in [5.74, 6) is 0.694. The van der Waals surface area contributed by atoms with E-state index in [0.717, 1.165) is 24.8 Å². The van der Waals surface area contributed by atoms with Gasteiger partial charge in [-0.2, -0.15) is 0 Å². The van der Waals surface area contributed by atoms with Crippen molar-refractivity contribution in [3.8, 4) is 0 Å². The molecule has 13 heavy (non-hydrogen) atoms. The fourth-order valence-electron chi connectivity index (χ4n) is 2.61. The van der Waals surface area contributed by atoms with Gasteiger partial charge in [0.2, 0.25) is 0 Å². The Kier molecular flexibility index (Phi) is 2.06. The lowest BCUT2D eigenvalue weighted by atomic mass is 9.88. The van der Waals surface area contributed by atoms with E-state index in [1.165, 1.54) is 0 Å². The molecule has 0 aliphatic heterocycles. The Morgan fingerprint density at radius 1 is 1.23 bits per heavy atom.